The number of benzene rings is 1. The van der Waals surface area contributed by atoms with Gasteiger partial charge < -0.3 is 26.8 Å². The van der Waals surface area contributed by atoms with Crippen molar-refractivity contribution < 1.29 is 14.7 Å². The highest BCUT2D eigenvalue weighted by Crippen LogP contribution is 2.21. The van der Waals surface area contributed by atoms with Crippen LogP contribution in [0.2, 0.25) is 0 Å². The summed E-state index contributed by atoms with van der Waals surface area (Å²) in [5.74, 6) is 5.59. The molecule has 1 fully saturated rings. The number of hydrogen-bond acceptors (Lipinski definition) is 5. The average Bonchev–Trinajstić information content (AvgIpc) is 2.70. The molecule has 1 heterocycles. The van der Waals surface area contributed by atoms with Crippen molar-refractivity contribution in [2.45, 2.75) is 32.3 Å². The van der Waals surface area contributed by atoms with Crippen molar-refractivity contribution in [1.82, 2.24) is 4.90 Å². The molecule has 146 valence electrons. The first-order valence-corrected chi connectivity index (χ1v) is 9.30. The average molecular weight is 372 g/mol. The Labute approximate surface area is 160 Å². The number of anilines is 1. The van der Waals surface area contributed by atoms with E-state index in [1.807, 2.05) is 4.90 Å². The van der Waals surface area contributed by atoms with Gasteiger partial charge in [-0.2, -0.15) is 0 Å². The first kappa shape index (κ1) is 20.9. The van der Waals surface area contributed by atoms with Crippen molar-refractivity contribution in [3.63, 3.8) is 0 Å². The third kappa shape index (κ3) is 6.07. The van der Waals surface area contributed by atoms with Crippen LogP contribution in [0.3, 0.4) is 0 Å². The molecule has 0 saturated carbocycles. The van der Waals surface area contributed by atoms with E-state index in [4.69, 9.17) is 11.5 Å². The maximum absolute atomic E-state index is 12.5. The van der Waals surface area contributed by atoms with Gasteiger partial charge in [0.2, 0.25) is 11.8 Å². The van der Waals surface area contributed by atoms with Gasteiger partial charge in [0.05, 0.1) is 13.2 Å². The molecule has 0 bridgehead atoms. The van der Waals surface area contributed by atoms with Gasteiger partial charge in [-0.15, -0.1) is 0 Å². The molecule has 1 saturated heterocycles. The smallest absolute Gasteiger partial charge is 0.227 e. The molecule has 0 radical (unpaired) electrons. The highest BCUT2D eigenvalue weighted by molar-refractivity contribution is 5.93. The zero-order valence-electron chi connectivity index (χ0n) is 15.5. The zero-order valence-corrected chi connectivity index (χ0v) is 15.5. The van der Waals surface area contributed by atoms with Crippen LogP contribution in [-0.2, 0) is 16.2 Å². The van der Waals surface area contributed by atoms with Gasteiger partial charge in [0.1, 0.15) is 0 Å². The largest absolute Gasteiger partial charge is 0.392 e. The van der Waals surface area contributed by atoms with Crippen molar-refractivity contribution in [3.05, 3.63) is 29.3 Å². The van der Waals surface area contributed by atoms with Gasteiger partial charge in [0.15, 0.2) is 0 Å². The minimum absolute atomic E-state index is 0.0614. The van der Waals surface area contributed by atoms with Crippen LogP contribution in [0, 0.1) is 17.8 Å². The molecule has 0 atom stereocenters. The van der Waals surface area contributed by atoms with E-state index in [1.54, 1.807) is 18.2 Å². The van der Waals surface area contributed by atoms with Crippen LogP contribution >= 0.6 is 0 Å². The monoisotopic (exact) mass is 372 g/mol. The van der Waals surface area contributed by atoms with Gasteiger partial charge in [-0.3, -0.25) is 9.59 Å². The van der Waals surface area contributed by atoms with Gasteiger partial charge >= 0.3 is 0 Å². The van der Waals surface area contributed by atoms with Crippen molar-refractivity contribution in [3.8, 4) is 11.8 Å². The third-order valence-electron chi connectivity index (χ3n) is 4.68. The number of likely N-dealkylation sites (tertiary alicyclic amines) is 1. The first-order chi connectivity index (χ1) is 13.1. The molecule has 0 unspecified atom stereocenters. The minimum Gasteiger partial charge on any atom is -0.392 e. The predicted octanol–water partition coefficient (Wildman–Crippen LogP) is 0.405. The summed E-state index contributed by atoms with van der Waals surface area (Å²) >= 11 is 0. The third-order valence-corrected chi connectivity index (χ3v) is 4.68. The van der Waals surface area contributed by atoms with Gasteiger partial charge in [0, 0.05) is 36.7 Å². The predicted molar refractivity (Wildman–Crippen MR) is 105 cm³/mol. The topological polar surface area (TPSA) is 122 Å². The lowest BCUT2D eigenvalue weighted by atomic mass is 9.95. The van der Waals surface area contributed by atoms with E-state index >= 15 is 0 Å². The molecule has 1 aliphatic rings. The molecule has 2 rings (SSSR count). The summed E-state index contributed by atoms with van der Waals surface area (Å²) in [7, 11) is 0. The Balaban J connectivity index is 1.91. The molecule has 7 nitrogen and oxygen atoms in total. The summed E-state index contributed by atoms with van der Waals surface area (Å²) in [5.41, 5.74) is 12.8. The molecular formula is C20H28N4O3. The van der Waals surface area contributed by atoms with Crippen molar-refractivity contribution >= 4 is 17.5 Å². The second kappa shape index (κ2) is 10.7. The highest BCUT2D eigenvalue weighted by atomic mass is 16.3. The lowest BCUT2D eigenvalue weighted by molar-refractivity contribution is -0.134. The summed E-state index contributed by atoms with van der Waals surface area (Å²) < 4.78 is 0. The molecule has 7 heteroatoms. The van der Waals surface area contributed by atoms with Crippen LogP contribution in [0.25, 0.3) is 0 Å². The number of nitrogens with one attached hydrogen (secondary N) is 1. The number of carbonyl (C=O) groups excluding carboxylic acids is 2. The summed E-state index contributed by atoms with van der Waals surface area (Å²) in [5, 5.41) is 12.4. The lowest BCUT2D eigenvalue weighted by Gasteiger charge is -2.31. The van der Waals surface area contributed by atoms with Crippen molar-refractivity contribution in [2.75, 3.05) is 31.5 Å². The number of nitrogens with two attached hydrogens (primary N) is 2. The molecule has 27 heavy (non-hydrogen) atoms. The Kier molecular flexibility index (Phi) is 8.27. The quantitative estimate of drug-likeness (QED) is 0.539. The first-order valence-electron chi connectivity index (χ1n) is 9.30. The molecule has 6 N–H and O–H groups in total. The highest BCUT2D eigenvalue weighted by Gasteiger charge is 2.27. The van der Waals surface area contributed by atoms with Gasteiger partial charge in [-0.05, 0) is 49.6 Å². The molecule has 1 aliphatic heterocycles. The van der Waals surface area contributed by atoms with Crippen LogP contribution < -0.4 is 16.8 Å². The van der Waals surface area contributed by atoms with E-state index in [1.165, 1.54) is 0 Å². The minimum atomic E-state index is -0.165. The van der Waals surface area contributed by atoms with Crippen molar-refractivity contribution in [2.24, 2.45) is 17.4 Å². The number of carbonyl (C=O) groups is 2. The van der Waals surface area contributed by atoms with E-state index in [0.717, 1.165) is 0 Å². The normalized spacial score (nSPS) is 14.4. The Morgan fingerprint density at radius 2 is 2.00 bits per heavy atom. The van der Waals surface area contributed by atoms with Crippen LogP contribution in [0.4, 0.5) is 5.69 Å². The number of piperidine rings is 1. The van der Waals surface area contributed by atoms with E-state index < -0.39 is 0 Å². The van der Waals surface area contributed by atoms with E-state index in [9.17, 15) is 14.7 Å². The van der Waals surface area contributed by atoms with Crippen LogP contribution in [0.1, 0.15) is 36.8 Å². The fourth-order valence-electron chi connectivity index (χ4n) is 3.12. The number of rotatable bonds is 6. The summed E-state index contributed by atoms with van der Waals surface area (Å²) in [6.07, 6.45) is 2.45. The maximum atomic E-state index is 12.5. The fourth-order valence-corrected chi connectivity index (χ4v) is 3.12. The number of hydrogen-bond donors (Lipinski definition) is 4. The number of aliphatic hydroxyl groups is 1. The Morgan fingerprint density at radius 1 is 1.26 bits per heavy atom. The molecule has 1 aromatic rings. The molecule has 0 aromatic heterocycles. The Bertz CT molecular complexity index is 716. The zero-order chi connectivity index (χ0) is 19.6. The van der Waals surface area contributed by atoms with E-state index in [0.29, 0.717) is 62.1 Å². The second-order valence-corrected chi connectivity index (χ2v) is 6.57. The Hall–Kier alpha value is -2.40. The van der Waals surface area contributed by atoms with Gasteiger partial charge in [0.25, 0.3) is 0 Å². The number of nitrogens with zero attached hydrogens (tertiary/aromatic N) is 1. The second-order valence-electron chi connectivity index (χ2n) is 6.57. The molecular weight excluding hydrogens is 344 g/mol. The van der Waals surface area contributed by atoms with Gasteiger partial charge in [-0.25, -0.2) is 0 Å². The standard InChI is InChI=1S/C20H28N4O3/c21-9-1-3-15-5-6-18(13-17(15)14-25)23-20(27)16-7-11-24(12-8-16)19(26)4-2-10-22/h5-6,13,16,25H,2,4,7-12,14,21-22H2,(H,23,27). The maximum Gasteiger partial charge on any atom is 0.227 e. The molecule has 2 amide bonds. The molecule has 1 aromatic carbocycles. The summed E-state index contributed by atoms with van der Waals surface area (Å²) in [4.78, 5) is 26.4. The summed E-state index contributed by atoms with van der Waals surface area (Å²) in [6, 6.07) is 5.26. The summed E-state index contributed by atoms with van der Waals surface area (Å²) in [6.45, 7) is 1.78. The fraction of sp³-hybridized carbons (Fsp3) is 0.500. The number of aliphatic hydroxyl groups excluding tert-OH is 1. The Morgan fingerprint density at radius 3 is 2.63 bits per heavy atom. The SMILES string of the molecule is NCC#Cc1ccc(NC(=O)C2CCN(C(=O)CCCN)CC2)cc1CO. The van der Waals surface area contributed by atoms with E-state index in [2.05, 4.69) is 17.2 Å². The van der Waals surface area contributed by atoms with Gasteiger partial charge in [-0.1, -0.05) is 11.8 Å². The molecule has 0 spiro atoms. The number of amides is 2. The van der Waals surface area contributed by atoms with Crippen LogP contribution in [-0.4, -0.2) is 48.0 Å². The lowest BCUT2D eigenvalue weighted by Crippen LogP contribution is -2.41. The van der Waals surface area contributed by atoms with Crippen LogP contribution in [0.15, 0.2) is 18.2 Å². The van der Waals surface area contributed by atoms with E-state index in [-0.39, 0.29) is 30.9 Å². The van der Waals surface area contributed by atoms with Crippen molar-refractivity contribution in [1.29, 1.82) is 0 Å². The van der Waals surface area contributed by atoms with Crippen LogP contribution in [0.5, 0.6) is 0 Å². The molecule has 0 aliphatic carbocycles.